The molecule has 5 heteroatoms. The van der Waals surface area contributed by atoms with Crippen molar-refractivity contribution in [3.05, 3.63) is 53.6 Å². The first-order valence-corrected chi connectivity index (χ1v) is 12.3. The minimum absolute atomic E-state index is 0.141. The van der Waals surface area contributed by atoms with E-state index in [4.69, 9.17) is 13.7 Å². The van der Waals surface area contributed by atoms with Crippen molar-refractivity contribution in [2.45, 2.75) is 46.3 Å². The van der Waals surface area contributed by atoms with Gasteiger partial charge in [0.25, 0.3) is 0 Å². The third kappa shape index (κ3) is 7.75. The molecule has 0 saturated heterocycles. The summed E-state index contributed by atoms with van der Waals surface area (Å²) in [5.74, 6) is 1.96. The Hall–Kier alpha value is -1.98. The number of carbonyl (C=O) groups excluding carboxylic acids is 1. The third-order valence-electron chi connectivity index (χ3n) is 4.55. The summed E-state index contributed by atoms with van der Waals surface area (Å²) >= 11 is 0. The van der Waals surface area contributed by atoms with Crippen LogP contribution in [0.4, 0.5) is 0 Å². The van der Waals surface area contributed by atoms with Crippen LogP contribution < -0.4 is 9.47 Å². The van der Waals surface area contributed by atoms with Gasteiger partial charge < -0.3 is 13.7 Å². The highest BCUT2D eigenvalue weighted by Gasteiger charge is 2.28. The van der Waals surface area contributed by atoms with Crippen molar-refractivity contribution in [2.75, 3.05) is 25.7 Å². The predicted octanol–water partition coefficient (Wildman–Crippen LogP) is 6.80. The molecule has 0 spiro atoms. The first-order valence-electron chi connectivity index (χ1n) is 9.96. The van der Waals surface area contributed by atoms with Crippen molar-refractivity contribution in [1.29, 1.82) is 0 Å². The minimum atomic E-state index is -1.13. The van der Waals surface area contributed by atoms with E-state index in [1.54, 1.807) is 12.1 Å². The molecule has 0 unspecified atom stereocenters. The van der Waals surface area contributed by atoms with E-state index < -0.39 is 10.3 Å². The average molecular weight is 421 g/mol. The fourth-order valence-electron chi connectivity index (χ4n) is 2.16. The van der Waals surface area contributed by atoms with Gasteiger partial charge in [-0.1, -0.05) is 46.2 Å². The van der Waals surface area contributed by atoms with E-state index in [1.807, 2.05) is 51.1 Å². The number of aryl methyl sites for hydroxylation is 1. The number of carbonyl (C=O) groups is 1. The molecule has 0 aliphatic rings. The fourth-order valence-corrected chi connectivity index (χ4v) is 3.00. The molecular formula is C24H36O4S. The molecule has 0 fully saturated rings. The Balaban J connectivity index is 0.00000204. The van der Waals surface area contributed by atoms with Gasteiger partial charge in [-0.3, -0.25) is 4.79 Å². The van der Waals surface area contributed by atoms with Crippen LogP contribution in [0.3, 0.4) is 0 Å². The maximum Gasteiger partial charge on any atom is 0.153 e. The van der Waals surface area contributed by atoms with Gasteiger partial charge in [-0.2, -0.15) is 0 Å². The molecule has 29 heavy (non-hydrogen) atoms. The van der Waals surface area contributed by atoms with Gasteiger partial charge in [-0.25, -0.2) is 0 Å². The number of rotatable bonds is 8. The summed E-state index contributed by atoms with van der Waals surface area (Å²) in [6.45, 7) is 13.6. The quantitative estimate of drug-likeness (QED) is 0.348. The lowest BCUT2D eigenvalue weighted by atomic mass is 10.1. The Morgan fingerprint density at radius 1 is 0.931 bits per heavy atom. The number of ether oxygens (including phenoxy) is 2. The Morgan fingerprint density at radius 2 is 1.52 bits per heavy atom. The van der Waals surface area contributed by atoms with Gasteiger partial charge in [0.15, 0.2) is 6.29 Å². The van der Waals surface area contributed by atoms with Crippen LogP contribution >= 0.6 is 10.3 Å². The highest BCUT2D eigenvalue weighted by molar-refractivity contribution is 8.29. The summed E-state index contributed by atoms with van der Waals surface area (Å²) in [6.07, 6.45) is 5.16. The van der Waals surface area contributed by atoms with Gasteiger partial charge in [-0.05, 0) is 55.8 Å². The molecule has 0 aliphatic heterocycles. The Kier molecular flexibility index (Phi) is 9.74. The zero-order valence-electron chi connectivity index (χ0n) is 19.1. The molecule has 0 atom stereocenters. The Labute approximate surface area is 178 Å². The molecule has 0 bridgehead atoms. The highest BCUT2D eigenvalue weighted by atomic mass is 32.3. The van der Waals surface area contributed by atoms with Gasteiger partial charge >= 0.3 is 0 Å². The SMILES string of the molecule is CC.Cc1ccc(Oc2ccc(OCCOS(C)(C)C(C)(C)C)cc2)c(C=O)c1. The van der Waals surface area contributed by atoms with Crippen LogP contribution in [-0.2, 0) is 4.18 Å². The summed E-state index contributed by atoms with van der Waals surface area (Å²) in [5.41, 5.74) is 1.56. The highest BCUT2D eigenvalue weighted by Crippen LogP contribution is 2.53. The first kappa shape index (κ1) is 25.1. The maximum atomic E-state index is 11.2. The second-order valence-corrected chi connectivity index (χ2v) is 11.7. The Bertz CT molecular complexity index is 761. The number of hydrogen-bond acceptors (Lipinski definition) is 4. The van der Waals surface area contributed by atoms with Crippen molar-refractivity contribution >= 4 is 16.6 Å². The molecule has 2 aromatic rings. The molecule has 0 N–H and O–H groups in total. The van der Waals surface area contributed by atoms with Gasteiger partial charge in [0, 0.05) is 4.75 Å². The van der Waals surface area contributed by atoms with Crippen LogP contribution in [0.1, 0.15) is 50.5 Å². The van der Waals surface area contributed by atoms with Crippen LogP contribution in [0.25, 0.3) is 0 Å². The van der Waals surface area contributed by atoms with Gasteiger partial charge in [0.2, 0.25) is 0 Å². The lowest BCUT2D eigenvalue weighted by Crippen LogP contribution is -2.26. The summed E-state index contributed by atoms with van der Waals surface area (Å²) in [4.78, 5) is 11.2. The molecule has 162 valence electrons. The van der Waals surface area contributed by atoms with E-state index in [1.165, 1.54) is 0 Å². The zero-order chi connectivity index (χ0) is 22.1. The molecule has 4 nitrogen and oxygen atoms in total. The second kappa shape index (κ2) is 11.3. The lowest BCUT2D eigenvalue weighted by Gasteiger charge is -2.43. The molecule has 0 aromatic heterocycles. The molecule has 2 aromatic carbocycles. The van der Waals surface area contributed by atoms with Gasteiger partial charge in [0.05, 0.1) is 12.2 Å². The van der Waals surface area contributed by atoms with E-state index in [0.29, 0.717) is 30.3 Å². The largest absolute Gasteiger partial charge is 0.491 e. The van der Waals surface area contributed by atoms with Crippen molar-refractivity contribution < 1.29 is 18.5 Å². The zero-order valence-corrected chi connectivity index (χ0v) is 19.9. The van der Waals surface area contributed by atoms with Crippen LogP contribution in [0.2, 0.25) is 0 Å². The maximum absolute atomic E-state index is 11.2. The smallest absolute Gasteiger partial charge is 0.153 e. The fraction of sp³-hybridized carbons (Fsp3) is 0.458. The second-order valence-electron chi connectivity index (χ2n) is 7.75. The van der Waals surface area contributed by atoms with Crippen LogP contribution in [0.15, 0.2) is 42.5 Å². The van der Waals surface area contributed by atoms with Crippen LogP contribution in [0, 0.1) is 6.92 Å². The van der Waals surface area contributed by atoms with Crippen LogP contribution in [0.5, 0.6) is 17.2 Å². The average Bonchev–Trinajstić information content (AvgIpc) is 2.68. The summed E-state index contributed by atoms with van der Waals surface area (Å²) < 4.78 is 17.8. The number of hydrogen-bond donors (Lipinski definition) is 0. The topological polar surface area (TPSA) is 44.8 Å². The Morgan fingerprint density at radius 3 is 2.07 bits per heavy atom. The van der Waals surface area contributed by atoms with E-state index in [-0.39, 0.29) is 4.75 Å². The van der Waals surface area contributed by atoms with Crippen molar-refractivity contribution in [2.24, 2.45) is 0 Å². The van der Waals surface area contributed by atoms with Crippen molar-refractivity contribution in [1.82, 2.24) is 0 Å². The van der Waals surface area contributed by atoms with Gasteiger partial charge in [-0.15, -0.1) is 10.3 Å². The predicted molar refractivity (Wildman–Crippen MR) is 125 cm³/mol. The van der Waals surface area contributed by atoms with Gasteiger partial charge in [0.1, 0.15) is 23.9 Å². The minimum Gasteiger partial charge on any atom is -0.491 e. The lowest BCUT2D eigenvalue weighted by molar-refractivity contribution is 0.112. The van der Waals surface area contributed by atoms with E-state index in [2.05, 4.69) is 33.3 Å². The summed E-state index contributed by atoms with van der Waals surface area (Å²) in [7, 11) is -1.13. The molecular weight excluding hydrogens is 384 g/mol. The molecule has 0 amide bonds. The molecule has 0 aliphatic carbocycles. The van der Waals surface area contributed by atoms with Crippen molar-refractivity contribution in [3.8, 4) is 17.2 Å². The summed E-state index contributed by atoms with van der Waals surface area (Å²) in [5, 5.41) is 0. The molecule has 2 rings (SSSR count). The van der Waals surface area contributed by atoms with Crippen LogP contribution in [-0.4, -0.2) is 36.8 Å². The third-order valence-corrected chi connectivity index (χ3v) is 8.25. The number of aldehydes is 1. The molecule has 0 saturated carbocycles. The monoisotopic (exact) mass is 420 g/mol. The van der Waals surface area contributed by atoms with E-state index in [9.17, 15) is 4.79 Å². The van der Waals surface area contributed by atoms with E-state index >= 15 is 0 Å². The normalized spacial score (nSPS) is 11.9. The van der Waals surface area contributed by atoms with E-state index in [0.717, 1.165) is 17.6 Å². The molecule has 0 heterocycles. The first-order chi connectivity index (χ1) is 13.6. The standard InChI is InChI=1S/C22H30O4S.C2H6/c1-17-7-12-21(18(15-17)16-23)26-20-10-8-19(9-11-20)24-13-14-25-27(5,6)22(2,3)4;1-2/h7-12,15-16H,13-14H2,1-6H3;1-2H3. The summed E-state index contributed by atoms with van der Waals surface area (Å²) in [6, 6.07) is 12.9. The molecule has 0 radical (unpaired) electrons. The number of benzene rings is 2. The van der Waals surface area contributed by atoms with Crippen molar-refractivity contribution in [3.63, 3.8) is 0 Å².